The van der Waals surface area contributed by atoms with E-state index in [1.54, 1.807) is 12.1 Å². The number of Topliss-reactive ketones (excluding diaryl/α,β-unsaturated/α-hetero) is 1. The van der Waals surface area contributed by atoms with Crippen LogP contribution in [0.2, 0.25) is 0 Å². The lowest BCUT2D eigenvalue weighted by Crippen LogP contribution is -1.97. The van der Waals surface area contributed by atoms with Gasteiger partial charge in [-0.05, 0) is 32.0 Å². The Morgan fingerprint density at radius 2 is 1.89 bits per heavy atom. The minimum Gasteiger partial charge on any atom is -0.490 e. The average molecular weight is 257 g/mol. The minimum absolute atomic E-state index is 0.0197. The predicted molar refractivity (Wildman–Crippen MR) is 71.9 cm³/mol. The number of hydrogen-bond donors (Lipinski definition) is 0. The van der Waals surface area contributed by atoms with Crippen molar-refractivity contribution in [3.05, 3.63) is 48.2 Å². The fourth-order valence-corrected chi connectivity index (χ4v) is 1.57. The van der Waals surface area contributed by atoms with Crippen LogP contribution >= 0.6 is 0 Å². The summed E-state index contributed by atoms with van der Waals surface area (Å²) in [6.45, 7) is 3.98. The van der Waals surface area contributed by atoms with Gasteiger partial charge < -0.3 is 9.47 Å². The van der Waals surface area contributed by atoms with Gasteiger partial charge in [0.05, 0.1) is 6.61 Å². The number of carbonyl (C=O) groups excluding carboxylic acids is 1. The number of hydrogen-bond acceptors (Lipinski definition) is 4. The van der Waals surface area contributed by atoms with Crippen molar-refractivity contribution in [2.45, 2.75) is 13.8 Å². The number of benzene rings is 1. The van der Waals surface area contributed by atoms with E-state index in [4.69, 9.17) is 9.47 Å². The van der Waals surface area contributed by atoms with E-state index in [1.165, 1.54) is 13.1 Å². The topological polar surface area (TPSA) is 48.4 Å². The number of pyridine rings is 1. The third-order valence-corrected chi connectivity index (χ3v) is 2.51. The summed E-state index contributed by atoms with van der Waals surface area (Å²) in [5, 5.41) is 0. The summed E-state index contributed by atoms with van der Waals surface area (Å²) in [4.78, 5) is 15.3. The summed E-state index contributed by atoms with van der Waals surface area (Å²) < 4.78 is 11.1. The van der Waals surface area contributed by atoms with E-state index >= 15 is 0 Å². The van der Waals surface area contributed by atoms with Crippen LogP contribution in [0.5, 0.6) is 17.4 Å². The quantitative estimate of drug-likeness (QED) is 0.769. The number of para-hydroxylation sites is 2. The molecule has 0 saturated heterocycles. The molecule has 0 amide bonds. The van der Waals surface area contributed by atoms with Crippen molar-refractivity contribution >= 4 is 5.78 Å². The highest BCUT2D eigenvalue weighted by molar-refractivity contribution is 5.93. The number of nitrogens with zero attached hydrogens (tertiary/aromatic N) is 1. The summed E-state index contributed by atoms with van der Waals surface area (Å²) in [5.74, 6) is 1.68. The van der Waals surface area contributed by atoms with Crippen molar-refractivity contribution in [1.29, 1.82) is 0 Å². The lowest BCUT2D eigenvalue weighted by atomic mass is 10.2. The van der Waals surface area contributed by atoms with Crippen LogP contribution in [0.4, 0.5) is 0 Å². The van der Waals surface area contributed by atoms with Gasteiger partial charge in [0.2, 0.25) is 5.88 Å². The first-order valence-corrected chi connectivity index (χ1v) is 6.07. The molecule has 0 aliphatic carbocycles. The van der Waals surface area contributed by atoms with Crippen LogP contribution in [0.3, 0.4) is 0 Å². The largest absolute Gasteiger partial charge is 0.490 e. The van der Waals surface area contributed by atoms with Crippen molar-refractivity contribution in [2.75, 3.05) is 6.61 Å². The molecule has 0 saturated carbocycles. The molecule has 0 radical (unpaired) electrons. The summed E-state index contributed by atoms with van der Waals surface area (Å²) >= 11 is 0. The molecule has 0 atom stereocenters. The van der Waals surface area contributed by atoms with E-state index in [1.807, 2.05) is 31.2 Å². The van der Waals surface area contributed by atoms with Crippen molar-refractivity contribution in [3.63, 3.8) is 0 Å². The Labute approximate surface area is 112 Å². The number of ether oxygens (including phenoxy) is 2. The van der Waals surface area contributed by atoms with Crippen LogP contribution in [0.1, 0.15) is 24.2 Å². The highest BCUT2D eigenvalue weighted by atomic mass is 16.5. The maximum atomic E-state index is 11.2. The Morgan fingerprint density at radius 3 is 2.47 bits per heavy atom. The molecule has 4 heteroatoms. The van der Waals surface area contributed by atoms with E-state index in [0.29, 0.717) is 29.5 Å². The van der Waals surface area contributed by atoms with Gasteiger partial charge in [-0.3, -0.25) is 4.79 Å². The van der Waals surface area contributed by atoms with E-state index in [9.17, 15) is 4.79 Å². The molecular formula is C15H15NO3. The van der Waals surface area contributed by atoms with Gasteiger partial charge in [0.15, 0.2) is 17.3 Å². The second kappa shape index (κ2) is 6.00. The van der Waals surface area contributed by atoms with Crippen molar-refractivity contribution in [2.24, 2.45) is 0 Å². The van der Waals surface area contributed by atoms with E-state index in [-0.39, 0.29) is 5.78 Å². The first-order valence-electron chi connectivity index (χ1n) is 6.07. The molecule has 0 bridgehead atoms. The van der Waals surface area contributed by atoms with Crippen LogP contribution in [-0.4, -0.2) is 17.4 Å². The summed E-state index contributed by atoms with van der Waals surface area (Å²) in [7, 11) is 0. The van der Waals surface area contributed by atoms with Crippen LogP contribution < -0.4 is 9.47 Å². The smallest absolute Gasteiger partial charge is 0.219 e. The van der Waals surface area contributed by atoms with Crippen LogP contribution in [-0.2, 0) is 0 Å². The zero-order valence-electron chi connectivity index (χ0n) is 10.9. The first kappa shape index (κ1) is 13.1. The van der Waals surface area contributed by atoms with Crippen LogP contribution in [0, 0.1) is 0 Å². The van der Waals surface area contributed by atoms with Gasteiger partial charge in [-0.2, -0.15) is 0 Å². The summed E-state index contributed by atoms with van der Waals surface area (Å²) in [6.07, 6.45) is 1.50. The second-order valence-electron chi connectivity index (χ2n) is 3.92. The van der Waals surface area contributed by atoms with Gasteiger partial charge in [-0.1, -0.05) is 12.1 Å². The molecule has 0 spiro atoms. The highest BCUT2D eigenvalue weighted by Gasteiger charge is 2.06. The van der Waals surface area contributed by atoms with Crippen LogP contribution in [0.25, 0.3) is 0 Å². The summed E-state index contributed by atoms with van der Waals surface area (Å²) in [5.41, 5.74) is 0.561. The molecule has 2 aromatic rings. The fraction of sp³-hybridized carbons (Fsp3) is 0.200. The van der Waals surface area contributed by atoms with Gasteiger partial charge in [0.25, 0.3) is 0 Å². The third kappa shape index (κ3) is 3.31. The van der Waals surface area contributed by atoms with Crippen LogP contribution in [0.15, 0.2) is 42.6 Å². The van der Waals surface area contributed by atoms with Crippen molar-refractivity contribution in [1.82, 2.24) is 4.98 Å². The molecule has 19 heavy (non-hydrogen) atoms. The zero-order chi connectivity index (χ0) is 13.7. The van der Waals surface area contributed by atoms with Gasteiger partial charge in [-0.25, -0.2) is 4.98 Å². The standard InChI is InChI=1S/C15H15NO3/c1-3-18-13-6-4-5-7-14(13)19-15-9-8-12(10-16-15)11(2)17/h4-10H,3H2,1-2H3. The third-order valence-electron chi connectivity index (χ3n) is 2.51. The number of carbonyl (C=O) groups is 1. The minimum atomic E-state index is -0.0197. The molecule has 98 valence electrons. The Hall–Kier alpha value is -2.36. The van der Waals surface area contributed by atoms with Gasteiger partial charge >= 0.3 is 0 Å². The van der Waals surface area contributed by atoms with Gasteiger partial charge in [0, 0.05) is 17.8 Å². The van der Waals surface area contributed by atoms with Crippen molar-refractivity contribution < 1.29 is 14.3 Å². The summed E-state index contributed by atoms with van der Waals surface area (Å²) in [6, 6.07) is 10.7. The second-order valence-corrected chi connectivity index (χ2v) is 3.92. The SMILES string of the molecule is CCOc1ccccc1Oc1ccc(C(C)=O)cn1. The molecule has 0 aliphatic heterocycles. The maximum Gasteiger partial charge on any atom is 0.219 e. The highest BCUT2D eigenvalue weighted by Crippen LogP contribution is 2.30. The molecular weight excluding hydrogens is 242 g/mol. The molecule has 0 fully saturated rings. The van der Waals surface area contributed by atoms with Gasteiger partial charge in [0.1, 0.15) is 0 Å². The van der Waals surface area contributed by atoms with Gasteiger partial charge in [-0.15, -0.1) is 0 Å². The van der Waals surface area contributed by atoms with Crippen molar-refractivity contribution in [3.8, 4) is 17.4 Å². The zero-order valence-corrected chi connectivity index (χ0v) is 10.9. The first-order chi connectivity index (χ1) is 9.20. The molecule has 4 nitrogen and oxygen atoms in total. The van der Waals surface area contributed by atoms with E-state index < -0.39 is 0 Å². The number of ketones is 1. The predicted octanol–water partition coefficient (Wildman–Crippen LogP) is 3.48. The molecule has 2 rings (SSSR count). The maximum absolute atomic E-state index is 11.2. The molecule has 1 aromatic carbocycles. The molecule has 0 unspecified atom stereocenters. The molecule has 0 aliphatic rings. The number of rotatable bonds is 5. The monoisotopic (exact) mass is 257 g/mol. The Bertz CT molecular complexity index is 564. The lowest BCUT2D eigenvalue weighted by Gasteiger charge is -2.10. The average Bonchev–Trinajstić information content (AvgIpc) is 2.42. The van der Waals surface area contributed by atoms with E-state index in [2.05, 4.69) is 4.98 Å². The molecule has 1 aromatic heterocycles. The molecule has 0 N–H and O–H groups in total. The Balaban J connectivity index is 2.19. The normalized spacial score (nSPS) is 10.0. The fourth-order valence-electron chi connectivity index (χ4n) is 1.57. The lowest BCUT2D eigenvalue weighted by molar-refractivity contribution is 0.101. The number of aromatic nitrogens is 1. The van der Waals surface area contributed by atoms with E-state index in [0.717, 1.165) is 0 Å². The Morgan fingerprint density at radius 1 is 1.16 bits per heavy atom. The molecule has 1 heterocycles. The Kier molecular flexibility index (Phi) is 4.13.